The van der Waals surface area contributed by atoms with E-state index in [-0.39, 0.29) is 29.4 Å². The lowest BCUT2D eigenvalue weighted by molar-refractivity contribution is -0.269. The summed E-state index contributed by atoms with van der Waals surface area (Å²) in [5, 5.41) is 34.0. The monoisotopic (exact) mass is 562 g/mol. The predicted molar refractivity (Wildman–Crippen MR) is 144 cm³/mol. The Labute approximate surface area is 230 Å². The first-order chi connectivity index (χ1) is 18.6. The molecule has 0 radical (unpaired) electrons. The van der Waals surface area contributed by atoms with E-state index in [1.165, 1.54) is 32.9 Å². The standard InChI is InChI=1S/C27H34N2O9S/c1-12(30)29-16-7-5-13-9-18(37-27-24(34)23(33)22(32)19(11-28)38-27)25(35-2)26(36-3)21(13)14-6-8-20(39-4)17(31)10-15(14)16/h6,8-10,16,19,22-24,27,32-34H,5,7,11,28H2,1-4H3,(H,29,30)/t16-,19+,22+,23-,24+,27+/m0/s1. The van der Waals surface area contributed by atoms with Gasteiger partial charge in [0.1, 0.15) is 24.4 Å². The number of aliphatic hydroxyl groups is 3. The van der Waals surface area contributed by atoms with Crippen LogP contribution in [0.15, 0.2) is 34.0 Å². The zero-order chi connectivity index (χ0) is 28.4. The Morgan fingerprint density at radius 3 is 2.46 bits per heavy atom. The molecular weight excluding hydrogens is 528 g/mol. The van der Waals surface area contributed by atoms with E-state index in [4.69, 9.17) is 24.7 Å². The van der Waals surface area contributed by atoms with E-state index in [9.17, 15) is 24.9 Å². The lowest BCUT2D eigenvalue weighted by Gasteiger charge is -2.40. The van der Waals surface area contributed by atoms with Gasteiger partial charge < -0.3 is 45.3 Å². The first-order valence-corrected chi connectivity index (χ1v) is 13.7. The zero-order valence-corrected chi connectivity index (χ0v) is 23.0. The van der Waals surface area contributed by atoms with E-state index in [1.807, 2.05) is 12.3 Å². The van der Waals surface area contributed by atoms with Crippen LogP contribution in [0.25, 0.3) is 11.1 Å². The summed E-state index contributed by atoms with van der Waals surface area (Å²) >= 11 is 1.33. The summed E-state index contributed by atoms with van der Waals surface area (Å²) in [6.45, 7) is 1.32. The number of carbonyl (C=O) groups excluding carboxylic acids is 1. The molecular formula is C27H34N2O9S. The number of hydrogen-bond donors (Lipinski definition) is 5. The maximum Gasteiger partial charge on any atom is 0.229 e. The fraction of sp³-hybridized carbons (Fsp3) is 0.481. The fourth-order valence-electron chi connectivity index (χ4n) is 5.13. The minimum absolute atomic E-state index is 0.104. The molecule has 212 valence electrons. The summed E-state index contributed by atoms with van der Waals surface area (Å²) in [4.78, 5) is 25.6. The number of fused-ring (bicyclic) bond motifs is 3. The van der Waals surface area contributed by atoms with E-state index >= 15 is 0 Å². The van der Waals surface area contributed by atoms with Crippen molar-refractivity contribution in [3.8, 4) is 28.4 Å². The van der Waals surface area contributed by atoms with Crippen LogP contribution in [0.1, 0.15) is 30.5 Å². The second-order valence-electron chi connectivity index (χ2n) is 9.41. The highest BCUT2D eigenvalue weighted by Gasteiger charge is 2.45. The largest absolute Gasteiger partial charge is 0.492 e. The number of aliphatic hydroxyl groups excluding tert-OH is 3. The zero-order valence-electron chi connectivity index (χ0n) is 22.2. The van der Waals surface area contributed by atoms with Gasteiger partial charge in [-0.1, -0.05) is 6.07 Å². The van der Waals surface area contributed by atoms with Gasteiger partial charge in [-0.05, 0) is 54.0 Å². The number of benzene rings is 1. The van der Waals surface area contributed by atoms with Crippen molar-refractivity contribution in [1.82, 2.24) is 5.32 Å². The maximum absolute atomic E-state index is 13.0. The van der Waals surface area contributed by atoms with Crippen molar-refractivity contribution in [2.24, 2.45) is 5.73 Å². The molecule has 1 heterocycles. The van der Waals surface area contributed by atoms with Crippen LogP contribution >= 0.6 is 11.8 Å². The third-order valence-electron chi connectivity index (χ3n) is 7.02. The van der Waals surface area contributed by atoms with E-state index in [1.54, 1.807) is 18.2 Å². The highest BCUT2D eigenvalue weighted by molar-refractivity contribution is 7.98. The highest BCUT2D eigenvalue weighted by atomic mass is 32.2. The molecule has 11 nitrogen and oxygen atoms in total. The van der Waals surface area contributed by atoms with E-state index < -0.39 is 36.7 Å². The predicted octanol–water partition coefficient (Wildman–Crippen LogP) is 0.721. The van der Waals surface area contributed by atoms with Gasteiger partial charge in [0.2, 0.25) is 17.9 Å². The van der Waals surface area contributed by atoms with Crippen LogP contribution in [0.2, 0.25) is 0 Å². The van der Waals surface area contributed by atoms with Crippen LogP contribution in [0.5, 0.6) is 17.2 Å². The summed E-state index contributed by atoms with van der Waals surface area (Å²) < 4.78 is 23.2. The molecule has 6 atom stereocenters. The number of hydrogen-bond acceptors (Lipinski definition) is 11. The highest BCUT2D eigenvalue weighted by Crippen LogP contribution is 2.50. The average Bonchev–Trinajstić information content (AvgIpc) is 3.16. The Kier molecular flexibility index (Phi) is 9.04. The van der Waals surface area contributed by atoms with Crippen molar-refractivity contribution in [3.63, 3.8) is 0 Å². The van der Waals surface area contributed by atoms with Crippen molar-refractivity contribution in [1.29, 1.82) is 0 Å². The molecule has 0 unspecified atom stereocenters. The number of ether oxygens (including phenoxy) is 4. The fourth-order valence-corrected chi connectivity index (χ4v) is 5.60. The Hall–Kier alpha value is -2.87. The number of methoxy groups -OCH3 is 2. The molecule has 4 rings (SSSR count). The van der Waals surface area contributed by atoms with Crippen LogP contribution in [0.4, 0.5) is 0 Å². The topological polar surface area (TPSA) is 170 Å². The number of carbonyl (C=O) groups is 1. The minimum Gasteiger partial charge on any atom is -0.492 e. The van der Waals surface area contributed by atoms with E-state index in [0.717, 1.165) is 5.56 Å². The Bertz CT molecular complexity index is 1290. The van der Waals surface area contributed by atoms with Crippen molar-refractivity contribution >= 4 is 17.7 Å². The molecule has 0 bridgehead atoms. The van der Waals surface area contributed by atoms with Gasteiger partial charge >= 0.3 is 0 Å². The number of nitrogens with two attached hydrogens (primary N) is 1. The van der Waals surface area contributed by atoms with Gasteiger partial charge in [0.05, 0.1) is 25.2 Å². The van der Waals surface area contributed by atoms with Gasteiger partial charge in [-0.2, -0.15) is 0 Å². The molecule has 0 saturated carbocycles. The molecule has 2 aliphatic rings. The smallest absolute Gasteiger partial charge is 0.229 e. The van der Waals surface area contributed by atoms with E-state index in [0.29, 0.717) is 40.2 Å². The molecule has 1 aliphatic heterocycles. The maximum atomic E-state index is 13.0. The second-order valence-corrected chi connectivity index (χ2v) is 10.3. The van der Waals surface area contributed by atoms with Crippen molar-refractivity contribution in [3.05, 3.63) is 45.6 Å². The number of nitrogens with one attached hydrogen (secondary N) is 1. The van der Waals surface area contributed by atoms with Crippen LogP contribution in [-0.4, -0.2) is 79.0 Å². The van der Waals surface area contributed by atoms with Crippen molar-refractivity contribution in [2.45, 2.75) is 61.4 Å². The molecule has 2 aromatic rings. The van der Waals surface area contributed by atoms with Crippen LogP contribution < -0.4 is 30.7 Å². The SMILES string of the molecule is COc1c(O[C@@H]2O[C@H](CN)[C@@H](O)[C@H](O)[C@H]2O)cc2c(c1OC)-c1ccc(SC)c(=O)cc1[C@@H](NC(C)=O)CC2. The summed E-state index contributed by atoms with van der Waals surface area (Å²) in [6, 6.07) is 6.42. The molecule has 12 heteroatoms. The van der Waals surface area contributed by atoms with Gasteiger partial charge in [-0.15, -0.1) is 11.8 Å². The molecule has 39 heavy (non-hydrogen) atoms. The Morgan fingerprint density at radius 2 is 1.85 bits per heavy atom. The molecule has 1 amide bonds. The third-order valence-corrected chi connectivity index (χ3v) is 7.80. The van der Waals surface area contributed by atoms with Gasteiger partial charge in [0, 0.05) is 19.0 Å². The number of rotatable bonds is 7. The van der Waals surface area contributed by atoms with Crippen LogP contribution in [-0.2, 0) is 16.0 Å². The first kappa shape index (κ1) is 29.1. The second kappa shape index (κ2) is 12.1. The third kappa shape index (κ3) is 5.58. The van der Waals surface area contributed by atoms with Gasteiger partial charge in [0.25, 0.3) is 0 Å². The lowest BCUT2D eigenvalue weighted by atomic mass is 9.95. The molecule has 1 saturated heterocycles. The summed E-state index contributed by atoms with van der Waals surface area (Å²) in [5.74, 6) is 0.457. The molecule has 1 fully saturated rings. The minimum atomic E-state index is -1.57. The average molecular weight is 563 g/mol. The number of aryl methyl sites for hydroxylation is 1. The molecule has 6 N–H and O–H groups in total. The summed E-state index contributed by atoms with van der Waals surface area (Å²) in [6.07, 6.45) is -4.03. The first-order valence-electron chi connectivity index (χ1n) is 12.5. The Morgan fingerprint density at radius 1 is 1.13 bits per heavy atom. The van der Waals surface area contributed by atoms with Crippen molar-refractivity contribution in [2.75, 3.05) is 27.0 Å². The van der Waals surface area contributed by atoms with Gasteiger partial charge in [-0.25, -0.2) is 0 Å². The van der Waals surface area contributed by atoms with Crippen LogP contribution in [0.3, 0.4) is 0 Å². The van der Waals surface area contributed by atoms with Crippen molar-refractivity contribution < 1.29 is 39.1 Å². The Balaban J connectivity index is 1.89. The molecule has 1 aliphatic carbocycles. The van der Waals surface area contributed by atoms with E-state index in [2.05, 4.69) is 5.32 Å². The van der Waals surface area contributed by atoms with Crippen LogP contribution in [0, 0.1) is 0 Å². The molecule has 2 aromatic carbocycles. The number of thioether (sulfide) groups is 1. The van der Waals surface area contributed by atoms with Gasteiger partial charge in [0.15, 0.2) is 16.9 Å². The van der Waals surface area contributed by atoms with Gasteiger partial charge in [-0.3, -0.25) is 9.59 Å². The molecule has 0 aromatic heterocycles. The number of amides is 1. The lowest BCUT2D eigenvalue weighted by Crippen LogP contribution is -2.60. The normalized spacial score (nSPS) is 26.1. The quantitative estimate of drug-likeness (QED) is 0.301. The molecule has 0 spiro atoms. The summed E-state index contributed by atoms with van der Waals surface area (Å²) in [5.41, 5.74) is 8.30. The summed E-state index contributed by atoms with van der Waals surface area (Å²) in [7, 11) is 2.91.